The number of aliphatic hydroxyl groups is 1. The molecule has 1 rings (SSSR count). The number of likely N-dealkylation sites (tertiary alicyclic amines) is 1. The maximum absolute atomic E-state index is 12.7. The predicted molar refractivity (Wildman–Crippen MR) is 107 cm³/mol. The number of nitrogens with one attached hydrogen (secondary N) is 4. The molecule has 8 N–H and O–H groups in total. The quantitative estimate of drug-likeness (QED) is 0.110. The van der Waals surface area contributed by atoms with E-state index in [9.17, 15) is 19.8 Å². The molecular formula is C18H36N6O4. The molecule has 1 fully saturated rings. The van der Waals surface area contributed by atoms with Gasteiger partial charge in [0.15, 0.2) is 5.96 Å². The second-order valence-electron chi connectivity index (χ2n) is 8.30. The van der Waals surface area contributed by atoms with Gasteiger partial charge >= 0.3 is 5.97 Å². The second kappa shape index (κ2) is 10.6. The summed E-state index contributed by atoms with van der Waals surface area (Å²) in [5.41, 5.74) is 5.06. The number of carbonyl (C=O) groups excluding carboxylic acids is 1. The molecule has 0 bridgehead atoms. The van der Waals surface area contributed by atoms with Crippen LogP contribution in [0.4, 0.5) is 0 Å². The average molecular weight is 401 g/mol. The van der Waals surface area contributed by atoms with Crippen molar-refractivity contribution in [3.05, 3.63) is 0 Å². The van der Waals surface area contributed by atoms with E-state index in [0.717, 1.165) is 19.4 Å². The van der Waals surface area contributed by atoms with Crippen LogP contribution in [-0.4, -0.2) is 75.9 Å². The number of amides is 1. The number of carbonyl (C=O) groups is 2. The van der Waals surface area contributed by atoms with Gasteiger partial charge in [0.2, 0.25) is 5.91 Å². The summed E-state index contributed by atoms with van der Waals surface area (Å²) in [6.45, 7) is 9.06. The van der Waals surface area contributed by atoms with Gasteiger partial charge in [-0.2, -0.15) is 0 Å². The van der Waals surface area contributed by atoms with E-state index in [4.69, 9.17) is 11.1 Å². The predicted octanol–water partition coefficient (Wildman–Crippen LogP) is -0.622. The molecule has 0 aromatic rings. The van der Waals surface area contributed by atoms with Crippen LogP contribution in [0.15, 0.2) is 0 Å². The van der Waals surface area contributed by atoms with E-state index in [1.807, 2.05) is 0 Å². The maximum atomic E-state index is 12.7. The van der Waals surface area contributed by atoms with Crippen molar-refractivity contribution < 1.29 is 19.8 Å². The van der Waals surface area contributed by atoms with Crippen LogP contribution >= 0.6 is 0 Å². The van der Waals surface area contributed by atoms with Crippen LogP contribution < -0.4 is 21.7 Å². The molecule has 0 aliphatic carbocycles. The Morgan fingerprint density at radius 2 is 2.00 bits per heavy atom. The molecule has 0 spiro atoms. The first kappa shape index (κ1) is 24.1. The zero-order chi connectivity index (χ0) is 21.5. The van der Waals surface area contributed by atoms with Crippen molar-refractivity contribution in [3.63, 3.8) is 0 Å². The Morgan fingerprint density at radius 1 is 1.36 bits per heavy atom. The van der Waals surface area contributed by atoms with E-state index in [0.29, 0.717) is 13.0 Å². The highest BCUT2D eigenvalue weighted by Crippen LogP contribution is 2.26. The lowest BCUT2D eigenvalue weighted by Crippen LogP contribution is -2.57. The highest BCUT2D eigenvalue weighted by Gasteiger charge is 2.38. The number of aliphatic hydroxyl groups excluding tert-OH is 1. The van der Waals surface area contributed by atoms with Crippen LogP contribution in [0.25, 0.3) is 0 Å². The Hall–Kier alpha value is -1.91. The Kier molecular flexibility index (Phi) is 9.12. The summed E-state index contributed by atoms with van der Waals surface area (Å²) in [6.07, 6.45) is 1.21. The fourth-order valence-corrected chi connectivity index (χ4v) is 3.40. The first-order chi connectivity index (χ1) is 12.9. The number of hydrogen-bond donors (Lipinski definition) is 7. The van der Waals surface area contributed by atoms with Crippen LogP contribution in [-0.2, 0) is 9.59 Å². The van der Waals surface area contributed by atoms with E-state index in [1.54, 1.807) is 6.92 Å². The summed E-state index contributed by atoms with van der Waals surface area (Å²) in [5.74, 6) is -1.42. The molecule has 1 saturated heterocycles. The molecule has 1 unspecified atom stereocenters. The summed E-state index contributed by atoms with van der Waals surface area (Å²) in [7, 11) is 0. The van der Waals surface area contributed by atoms with Gasteiger partial charge in [-0.15, -0.1) is 0 Å². The van der Waals surface area contributed by atoms with Crippen molar-refractivity contribution in [2.24, 2.45) is 5.73 Å². The van der Waals surface area contributed by atoms with E-state index >= 15 is 0 Å². The molecule has 4 atom stereocenters. The summed E-state index contributed by atoms with van der Waals surface area (Å²) in [4.78, 5) is 26.2. The van der Waals surface area contributed by atoms with Gasteiger partial charge in [-0.3, -0.25) is 25.2 Å². The lowest BCUT2D eigenvalue weighted by Gasteiger charge is -2.37. The van der Waals surface area contributed by atoms with Crippen molar-refractivity contribution in [1.82, 2.24) is 20.9 Å². The van der Waals surface area contributed by atoms with E-state index in [-0.39, 0.29) is 29.9 Å². The van der Waals surface area contributed by atoms with Gasteiger partial charge in [0.05, 0.1) is 12.1 Å². The summed E-state index contributed by atoms with van der Waals surface area (Å²) in [5, 5.41) is 34.8. The van der Waals surface area contributed by atoms with Crippen LogP contribution in [0.2, 0.25) is 0 Å². The zero-order valence-corrected chi connectivity index (χ0v) is 17.3. The summed E-state index contributed by atoms with van der Waals surface area (Å²) >= 11 is 0. The van der Waals surface area contributed by atoms with Crippen LogP contribution in [0.5, 0.6) is 0 Å². The average Bonchev–Trinajstić information content (AvgIpc) is 3.07. The molecule has 0 radical (unpaired) electrons. The van der Waals surface area contributed by atoms with Crippen molar-refractivity contribution >= 4 is 17.8 Å². The van der Waals surface area contributed by atoms with Gasteiger partial charge in [0.1, 0.15) is 12.3 Å². The topological polar surface area (TPSA) is 164 Å². The molecule has 1 aliphatic rings. The number of guanidine groups is 1. The Morgan fingerprint density at radius 3 is 2.54 bits per heavy atom. The standard InChI is InChI=1S/C18H36N6O4/c1-11(22-15(26)13-8-6-10-24(13)18(2,3)4)14(25)23-12(16(27)28)7-5-9-21-17(19)20/h11-14,23,25H,5-10H2,1-4H3,(H,22,26)(H,27,28)(H4,19,20,21)/t11-,12-,13-,14?/m0/s1. The maximum Gasteiger partial charge on any atom is 0.320 e. The minimum atomic E-state index is -1.20. The van der Waals surface area contributed by atoms with Crippen molar-refractivity contribution in [2.45, 2.75) is 83.3 Å². The van der Waals surface area contributed by atoms with Gasteiger partial charge in [0.25, 0.3) is 0 Å². The van der Waals surface area contributed by atoms with Crippen LogP contribution in [0.1, 0.15) is 53.4 Å². The highest BCUT2D eigenvalue weighted by molar-refractivity contribution is 5.82. The van der Waals surface area contributed by atoms with Gasteiger partial charge < -0.3 is 26.6 Å². The van der Waals surface area contributed by atoms with Gasteiger partial charge in [-0.1, -0.05) is 0 Å². The number of nitrogens with two attached hydrogens (primary N) is 1. The second-order valence-corrected chi connectivity index (χ2v) is 8.30. The third kappa shape index (κ3) is 7.61. The van der Waals surface area contributed by atoms with Gasteiger partial charge in [0, 0.05) is 12.1 Å². The molecule has 0 saturated carbocycles. The normalized spacial score (nSPS) is 21.0. The number of rotatable bonds is 10. The van der Waals surface area contributed by atoms with E-state index in [1.165, 1.54) is 0 Å². The number of nitrogens with zero attached hydrogens (tertiary/aromatic N) is 1. The lowest BCUT2D eigenvalue weighted by molar-refractivity contribution is -0.141. The van der Waals surface area contributed by atoms with Crippen molar-refractivity contribution in [3.8, 4) is 0 Å². The summed E-state index contributed by atoms with van der Waals surface area (Å²) < 4.78 is 0. The molecule has 1 amide bonds. The largest absolute Gasteiger partial charge is 0.480 e. The Labute approximate surface area is 166 Å². The minimum absolute atomic E-state index is 0.124. The monoisotopic (exact) mass is 400 g/mol. The molecule has 0 aromatic carbocycles. The first-order valence-electron chi connectivity index (χ1n) is 9.75. The van der Waals surface area contributed by atoms with E-state index in [2.05, 4.69) is 41.6 Å². The molecular weight excluding hydrogens is 364 g/mol. The van der Waals surface area contributed by atoms with Crippen molar-refractivity contribution in [1.29, 1.82) is 5.41 Å². The number of aliphatic carboxylic acids is 1. The molecule has 1 aliphatic heterocycles. The minimum Gasteiger partial charge on any atom is -0.480 e. The first-order valence-corrected chi connectivity index (χ1v) is 9.75. The van der Waals surface area contributed by atoms with Gasteiger partial charge in [-0.05, 0) is 59.9 Å². The molecule has 10 nitrogen and oxygen atoms in total. The molecule has 0 aromatic heterocycles. The fourth-order valence-electron chi connectivity index (χ4n) is 3.40. The van der Waals surface area contributed by atoms with Crippen molar-refractivity contribution in [2.75, 3.05) is 13.1 Å². The fraction of sp³-hybridized carbons (Fsp3) is 0.833. The third-order valence-electron chi connectivity index (χ3n) is 4.92. The third-order valence-corrected chi connectivity index (χ3v) is 4.92. The highest BCUT2D eigenvalue weighted by atomic mass is 16.4. The zero-order valence-electron chi connectivity index (χ0n) is 17.3. The lowest BCUT2D eigenvalue weighted by atomic mass is 10.0. The number of carboxylic acid groups (broad SMARTS) is 1. The smallest absolute Gasteiger partial charge is 0.320 e. The number of hydrogen-bond acceptors (Lipinski definition) is 6. The van der Waals surface area contributed by atoms with Gasteiger partial charge in [-0.25, -0.2) is 0 Å². The van der Waals surface area contributed by atoms with Crippen LogP contribution in [0, 0.1) is 5.41 Å². The molecule has 28 heavy (non-hydrogen) atoms. The van der Waals surface area contributed by atoms with E-state index < -0.39 is 24.3 Å². The summed E-state index contributed by atoms with van der Waals surface area (Å²) in [6, 6.07) is -1.87. The Balaban J connectivity index is 2.55. The molecule has 162 valence electrons. The molecule has 10 heteroatoms. The Bertz CT molecular complexity index is 551. The number of carboxylic acids is 1. The van der Waals surface area contributed by atoms with Crippen LogP contribution in [0.3, 0.4) is 0 Å². The molecule has 1 heterocycles. The SMILES string of the molecule is C[C@H](NC(=O)[C@@H]1CCCN1C(C)(C)C)C(O)N[C@@H](CCCNC(=N)N)C(=O)O.